The largest absolute Gasteiger partial charge is 0.491 e. The highest BCUT2D eigenvalue weighted by Crippen LogP contribution is 2.22. The molecule has 2 aromatic rings. The molecule has 27 heavy (non-hydrogen) atoms. The zero-order valence-electron chi connectivity index (χ0n) is 16.1. The van der Waals surface area contributed by atoms with Crippen molar-refractivity contribution in [2.24, 2.45) is 4.99 Å². The van der Waals surface area contributed by atoms with E-state index in [4.69, 9.17) is 14.0 Å². The molecule has 1 aliphatic rings. The van der Waals surface area contributed by atoms with Gasteiger partial charge in [-0.05, 0) is 31.4 Å². The predicted octanol–water partition coefficient (Wildman–Crippen LogP) is 2.11. The van der Waals surface area contributed by atoms with Crippen LogP contribution in [0.2, 0.25) is 0 Å². The normalized spacial score (nSPS) is 17.1. The highest BCUT2D eigenvalue weighted by atomic mass is 16.5. The molecule has 0 spiro atoms. The Morgan fingerprint density at radius 3 is 2.85 bits per heavy atom. The highest BCUT2D eigenvalue weighted by molar-refractivity contribution is 5.79. The van der Waals surface area contributed by atoms with Crippen LogP contribution in [0.15, 0.2) is 27.7 Å². The number of hydrogen-bond donors (Lipinski definition) is 2. The van der Waals surface area contributed by atoms with Gasteiger partial charge in [-0.15, -0.1) is 0 Å². The van der Waals surface area contributed by atoms with E-state index in [1.807, 2.05) is 0 Å². The molecule has 1 aliphatic heterocycles. The Kier molecular flexibility index (Phi) is 6.64. The van der Waals surface area contributed by atoms with Gasteiger partial charge in [-0.3, -0.25) is 4.99 Å². The van der Waals surface area contributed by atoms with Gasteiger partial charge in [0.1, 0.15) is 12.4 Å². The van der Waals surface area contributed by atoms with Gasteiger partial charge in [-0.25, -0.2) is 0 Å². The Balaban J connectivity index is 1.55. The van der Waals surface area contributed by atoms with Crippen molar-refractivity contribution in [2.75, 3.05) is 20.3 Å². The summed E-state index contributed by atoms with van der Waals surface area (Å²) < 4.78 is 16.7. The molecule has 1 fully saturated rings. The first-order valence-corrected chi connectivity index (χ1v) is 9.21. The van der Waals surface area contributed by atoms with Crippen LogP contribution in [0.3, 0.4) is 0 Å². The lowest BCUT2D eigenvalue weighted by Gasteiger charge is -2.17. The number of aliphatic imine (C=N–C) groups is 1. The molecule has 0 radical (unpaired) electrons. The van der Waals surface area contributed by atoms with Crippen LogP contribution in [-0.2, 0) is 17.8 Å². The lowest BCUT2D eigenvalue weighted by atomic mass is 10.1. The second-order valence-electron chi connectivity index (χ2n) is 6.57. The third kappa shape index (κ3) is 5.68. The van der Waals surface area contributed by atoms with E-state index < -0.39 is 0 Å². The third-order valence-corrected chi connectivity index (χ3v) is 4.32. The number of nitrogens with zero attached hydrogens (tertiary/aromatic N) is 3. The summed E-state index contributed by atoms with van der Waals surface area (Å²) >= 11 is 0. The maximum atomic E-state index is 6.04. The summed E-state index contributed by atoms with van der Waals surface area (Å²) in [7, 11) is 1.72. The molecule has 0 amide bonds. The van der Waals surface area contributed by atoms with E-state index in [0.717, 1.165) is 36.3 Å². The van der Waals surface area contributed by atoms with Crippen LogP contribution < -0.4 is 15.4 Å². The summed E-state index contributed by atoms with van der Waals surface area (Å²) in [6.07, 6.45) is 2.36. The van der Waals surface area contributed by atoms with Crippen LogP contribution >= 0.6 is 0 Å². The van der Waals surface area contributed by atoms with E-state index in [2.05, 4.69) is 50.9 Å². The smallest absolute Gasteiger partial charge is 0.223 e. The summed E-state index contributed by atoms with van der Waals surface area (Å²) in [6.45, 7) is 6.26. The van der Waals surface area contributed by atoms with Crippen molar-refractivity contribution in [3.8, 4) is 5.75 Å². The summed E-state index contributed by atoms with van der Waals surface area (Å²) in [5, 5.41) is 10.3. The Morgan fingerprint density at radius 2 is 2.15 bits per heavy atom. The Morgan fingerprint density at radius 1 is 1.30 bits per heavy atom. The Hall–Kier alpha value is -2.61. The fourth-order valence-corrected chi connectivity index (χ4v) is 2.88. The second kappa shape index (κ2) is 9.36. The molecule has 2 heterocycles. The number of aromatic nitrogens is 2. The fraction of sp³-hybridized carbons (Fsp3) is 0.526. The van der Waals surface area contributed by atoms with E-state index in [0.29, 0.717) is 37.4 Å². The molecule has 8 nitrogen and oxygen atoms in total. The van der Waals surface area contributed by atoms with E-state index in [1.54, 1.807) is 14.0 Å². The molecule has 1 unspecified atom stereocenters. The molecule has 1 aromatic heterocycles. The fourth-order valence-electron chi connectivity index (χ4n) is 2.88. The molecule has 146 valence electrons. The molecule has 1 aromatic carbocycles. The predicted molar refractivity (Wildman–Crippen MR) is 102 cm³/mol. The van der Waals surface area contributed by atoms with Crippen molar-refractivity contribution in [1.82, 2.24) is 20.8 Å². The lowest BCUT2D eigenvalue weighted by molar-refractivity contribution is 0.0676. The first-order valence-electron chi connectivity index (χ1n) is 9.21. The van der Waals surface area contributed by atoms with Gasteiger partial charge in [0.15, 0.2) is 11.8 Å². The quantitative estimate of drug-likeness (QED) is 0.567. The van der Waals surface area contributed by atoms with E-state index in [1.165, 1.54) is 0 Å². The second-order valence-corrected chi connectivity index (χ2v) is 6.57. The van der Waals surface area contributed by atoms with Gasteiger partial charge in [0.2, 0.25) is 5.89 Å². The number of hydrogen-bond acceptors (Lipinski definition) is 6. The molecule has 3 rings (SSSR count). The number of benzene rings is 1. The van der Waals surface area contributed by atoms with Crippen molar-refractivity contribution in [3.63, 3.8) is 0 Å². The molecule has 0 saturated carbocycles. The number of aryl methyl sites for hydroxylation is 2. The monoisotopic (exact) mass is 373 g/mol. The van der Waals surface area contributed by atoms with Crippen LogP contribution in [0.25, 0.3) is 0 Å². The van der Waals surface area contributed by atoms with Gasteiger partial charge in [0, 0.05) is 32.7 Å². The van der Waals surface area contributed by atoms with Gasteiger partial charge in [0.05, 0.1) is 12.6 Å². The van der Waals surface area contributed by atoms with Gasteiger partial charge in [0.25, 0.3) is 0 Å². The van der Waals surface area contributed by atoms with Gasteiger partial charge in [-0.1, -0.05) is 17.3 Å². The van der Waals surface area contributed by atoms with E-state index in [9.17, 15) is 0 Å². The van der Waals surface area contributed by atoms with E-state index in [-0.39, 0.29) is 6.10 Å². The number of rotatable bonds is 7. The lowest BCUT2D eigenvalue weighted by Crippen LogP contribution is -2.36. The topological polar surface area (TPSA) is 93.8 Å². The maximum Gasteiger partial charge on any atom is 0.223 e. The van der Waals surface area contributed by atoms with Crippen LogP contribution in [-0.4, -0.2) is 42.5 Å². The van der Waals surface area contributed by atoms with Crippen molar-refractivity contribution in [3.05, 3.63) is 41.0 Å². The maximum absolute atomic E-state index is 6.04. The summed E-state index contributed by atoms with van der Waals surface area (Å²) in [5.74, 6) is 2.67. The third-order valence-electron chi connectivity index (χ3n) is 4.32. The van der Waals surface area contributed by atoms with Gasteiger partial charge >= 0.3 is 0 Å². The molecular weight excluding hydrogens is 346 g/mol. The number of guanidine groups is 1. The molecule has 1 atom stereocenters. The molecule has 2 N–H and O–H groups in total. The first kappa shape index (κ1) is 19.2. The minimum atomic E-state index is 0.194. The summed E-state index contributed by atoms with van der Waals surface area (Å²) in [4.78, 5) is 8.39. The Labute approximate surface area is 159 Å². The molecule has 0 bridgehead atoms. The van der Waals surface area contributed by atoms with Crippen LogP contribution in [0.5, 0.6) is 5.75 Å². The highest BCUT2D eigenvalue weighted by Gasteiger charge is 2.17. The van der Waals surface area contributed by atoms with Crippen LogP contribution in [0, 0.1) is 13.8 Å². The average molecular weight is 373 g/mol. The van der Waals surface area contributed by atoms with Gasteiger partial charge in [-0.2, -0.15) is 4.98 Å². The van der Waals surface area contributed by atoms with E-state index >= 15 is 0 Å². The SMILES string of the molecule is CN=C(NCc1noc(C)n1)NCc1ccc(C)cc1OCC1CCCO1. The zero-order chi connectivity index (χ0) is 19.1. The van der Waals surface area contributed by atoms with Crippen molar-refractivity contribution >= 4 is 5.96 Å². The molecule has 8 heteroatoms. The average Bonchev–Trinajstić information content (AvgIpc) is 3.33. The zero-order valence-corrected chi connectivity index (χ0v) is 16.1. The number of ether oxygens (including phenoxy) is 2. The summed E-state index contributed by atoms with van der Waals surface area (Å²) in [5.41, 5.74) is 2.23. The molecule has 0 aliphatic carbocycles. The standard InChI is InChI=1S/C19H27N5O3/c1-13-6-7-15(17(9-13)26-12-16-5-4-8-25-16)10-21-19(20-3)22-11-18-23-14(2)27-24-18/h6-7,9,16H,4-5,8,10-12H2,1-3H3,(H2,20,21,22). The molecular formula is C19H27N5O3. The van der Waals surface area contributed by atoms with Crippen molar-refractivity contribution < 1.29 is 14.0 Å². The minimum absolute atomic E-state index is 0.194. The van der Waals surface area contributed by atoms with Crippen LogP contribution in [0.1, 0.15) is 35.7 Å². The summed E-state index contributed by atoms with van der Waals surface area (Å²) in [6, 6.07) is 6.21. The minimum Gasteiger partial charge on any atom is -0.491 e. The van der Waals surface area contributed by atoms with Crippen molar-refractivity contribution in [2.45, 2.75) is 45.9 Å². The number of nitrogens with one attached hydrogen (secondary N) is 2. The Bertz CT molecular complexity index is 768. The molecule has 1 saturated heterocycles. The first-order chi connectivity index (χ1) is 13.1. The van der Waals surface area contributed by atoms with Gasteiger partial charge < -0.3 is 24.6 Å². The van der Waals surface area contributed by atoms with Crippen LogP contribution in [0.4, 0.5) is 0 Å². The van der Waals surface area contributed by atoms with Crippen molar-refractivity contribution in [1.29, 1.82) is 0 Å².